The Bertz CT molecular complexity index is 1040. The predicted octanol–water partition coefficient (Wildman–Crippen LogP) is 3.80. The lowest BCUT2D eigenvalue weighted by molar-refractivity contribution is -0.117. The number of aromatic nitrogens is 2. The van der Waals surface area contributed by atoms with Gasteiger partial charge in [0.05, 0.1) is 19.6 Å². The summed E-state index contributed by atoms with van der Waals surface area (Å²) in [6.07, 6.45) is 0.217. The first kappa shape index (κ1) is 18.9. The Kier molecular flexibility index (Phi) is 5.16. The molecule has 0 radical (unpaired) electrons. The fourth-order valence-corrected chi connectivity index (χ4v) is 3.36. The number of ether oxygens (including phenoxy) is 2. The molecule has 1 saturated heterocycles. The number of methoxy groups -OCH3 is 1. The molecule has 0 bridgehead atoms. The van der Waals surface area contributed by atoms with Crippen LogP contribution in [0.25, 0.3) is 11.4 Å². The Morgan fingerprint density at radius 2 is 2.14 bits per heavy atom. The molecular weight excluding hydrogens is 377 g/mol. The molecule has 4 rings (SSSR count). The SMILES string of the molecule is CCOc1cccc(-c2noc(C3CC(=O)N(c4ccc(OC)c(F)c4)C3)n2)c1. The van der Waals surface area contributed by atoms with Crippen LogP contribution in [0.15, 0.2) is 47.0 Å². The van der Waals surface area contributed by atoms with E-state index in [4.69, 9.17) is 14.0 Å². The molecule has 1 fully saturated rings. The molecule has 1 atom stereocenters. The van der Waals surface area contributed by atoms with Crippen molar-refractivity contribution in [3.05, 3.63) is 54.2 Å². The monoisotopic (exact) mass is 397 g/mol. The summed E-state index contributed by atoms with van der Waals surface area (Å²) in [5.41, 5.74) is 1.24. The molecule has 0 saturated carbocycles. The third-order valence-electron chi connectivity index (χ3n) is 4.77. The van der Waals surface area contributed by atoms with Crippen molar-refractivity contribution in [1.82, 2.24) is 10.1 Å². The fourth-order valence-electron chi connectivity index (χ4n) is 3.36. The number of carbonyl (C=O) groups excluding carboxylic acids is 1. The third kappa shape index (κ3) is 3.78. The van der Waals surface area contributed by atoms with E-state index < -0.39 is 5.82 Å². The smallest absolute Gasteiger partial charge is 0.232 e. The quantitative estimate of drug-likeness (QED) is 0.630. The molecule has 0 aliphatic carbocycles. The van der Waals surface area contributed by atoms with Crippen molar-refractivity contribution < 1.29 is 23.2 Å². The molecule has 0 spiro atoms. The van der Waals surface area contributed by atoms with Crippen molar-refractivity contribution in [2.75, 3.05) is 25.2 Å². The summed E-state index contributed by atoms with van der Waals surface area (Å²) in [4.78, 5) is 18.5. The van der Waals surface area contributed by atoms with Gasteiger partial charge in [0.25, 0.3) is 0 Å². The van der Waals surface area contributed by atoms with Crippen molar-refractivity contribution in [2.24, 2.45) is 0 Å². The summed E-state index contributed by atoms with van der Waals surface area (Å²) in [6.45, 7) is 2.81. The van der Waals surface area contributed by atoms with Crippen molar-refractivity contribution in [1.29, 1.82) is 0 Å². The van der Waals surface area contributed by atoms with Gasteiger partial charge in [0.2, 0.25) is 17.6 Å². The molecule has 8 heteroatoms. The molecule has 7 nitrogen and oxygen atoms in total. The Balaban J connectivity index is 1.53. The maximum atomic E-state index is 14.0. The minimum absolute atomic E-state index is 0.127. The number of amides is 1. The number of carbonyl (C=O) groups is 1. The minimum atomic E-state index is -0.518. The summed E-state index contributed by atoms with van der Waals surface area (Å²) in [6, 6.07) is 11.9. The lowest BCUT2D eigenvalue weighted by Crippen LogP contribution is -2.24. The summed E-state index contributed by atoms with van der Waals surface area (Å²) in [5.74, 6) is 0.764. The van der Waals surface area contributed by atoms with Crippen LogP contribution in [0.5, 0.6) is 11.5 Å². The maximum Gasteiger partial charge on any atom is 0.232 e. The number of rotatable bonds is 6. The van der Waals surface area contributed by atoms with E-state index >= 15 is 0 Å². The highest BCUT2D eigenvalue weighted by atomic mass is 19.1. The van der Waals surface area contributed by atoms with Gasteiger partial charge in [-0.1, -0.05) is 17.3 Å². The molecule has 1 unspecified atom stereocenters. The average molecular weight is 397 g/mol. The van der Waals surface area contributed by atoms with Gasteiger partial charge in [0, 0.05) is 30.3 Å². The molecule has 1 aliphatic rings. The van der Waals surface area contributed by atoms with Crippen LogP contribution in [0.3, 0.4) is 0 Å². The third-order valence-corrected chi connectivity index (χ3v) is 4.77. The average Bonchev–Trinajstić information content (AvgIpc) is 3.35. The summed E-state index contributed by atoms with van der Waals surface area (Å²) in [7, 11) is 1.40. The van der Waals surface area contributed by atoms with E-state index in [2.05, 4.69) is 10.1 Å². The second-order valence-electron chi connectivity index (χ2n) is 6.64. The number of nitrogens with zero attached hydrogens (tertiary/aromatic N) is 3. The number of anilines is 1. The van der Waals surface area contributed by atoms with Crippen LogP contribution in [0.2, 0.25) is 0 Å². The Morgan fingerprint density at radius 1 is 1.28 bits per heavy atom. The molecule has 1 amide bonds. The lowest BCUT2D eigenvalue weighted by atomic mass is 10.1. The first-order valence-corrected chi connectivity index (χ1v) is 9.29. The van der Waals surface area contributed by atoms with Gasteiger partial charge in [-0.25, -0.2) is 4.39 Å². The molecule has 150 valence electrons. The first-order chi connectivity index (χ1) is 14.1. The maximum absolute atomic E-state index is 14.0. The second kappa shape index (κ2) is 7.90. The van der Waals surface area contributed by atoms with Crippen molar-refractivity contribution >= 4 is 11.6 Å². The van der Waals surface area contributed by atoms with Crippen molar-refractivity contribution in [3.63, 3.8) is 0 Å². The van der Waals surface area contributed by atoms with Gasteiger partial charge in [-0.05, 0) is 31.2 Å². The summed E-state index contributed by atoms with van der Waals surface area (Å²) >= 11 is 0. The zero-order chi connectivity index (χ0) is 20.4. The topological polar surface area (TPSA) is 77.7 Å². The number of benzene rings is 2. The standard InChI is InChI=1S/C21H20FN3O4/c1-3-28-16-6-4-5-13(9-16)20-23-21(29-24-20)14-10-19(26)25(12-14)15-7-8-18(27-2)17(22)11-15/h4-9,11,14H,3,10,12H2,1-2H3. The van der Waals surface area contributed by atoms with E-state index in [-0.39, 0.29) is 24.0 Å². The van der Waals surface area contributed by atoms with Crippen molar-refractivity contribution in [2.45, 2.75) is 19.3 Å². The van der Waals surface area contributed by atoms with Gasteiger partial charge >= 0.3 is 0 Å². The van der Waals surface area contributed by atoms with Crippen LogP contribution in [-0.2, 0) is 4.79 Å². The highest BCUT2D eigenvalue weighted by molar-refractivity contribution is 5.96. The molecule has 1 aromatic heterocycles. The van der Waals surface area contributed by atoms with Crippen LogP contribution in [0.4, 0.5) is 10.1 Å². The predicted molar refractivity (Wildman–Crippen MR) is 104 cm³/mol. The van der Waals surface area contributed by atoms with Crippen LogP contribution in [0.1, 0.15) is 25.2 Å². The summed E-state index contributed by atoms with van der Waals surface area (Å²) < 4.78 is 29.9. The fraction of sp³-hybridized carbons (Fsp3) is 0.286. The van der Waals surface area contributed by atoms with Gasteiger partial charge in [0.15, 0.2) is 11.6 Å². The second-order valence-corrected chi connectivity index (χ2v) is 6.64. The zero-order valence-electron chi connectivity index (χ0n) is 16.1. The zero-order valence-corrected chi connectivity index (χ0v) is 16.1. The van der Waals surface area contributed by atoms with E-state index in [1.54, 1.807) is 6.07 Å². The van der Waals surface area contributed by atoms with Gasteiger partial charge < -0.3 is 18.9 Å². The van der Waals surface area contributed by atoms with Gasteiger partial charge in [-0.3, -0.25) is 4.79 Å². The minimum Gasteiger partial charge on any atom is -0.494 e. The van der Waals surface area contributed by atoms with Gasteiger partial charge in [0.1, 0.15) is 5.75 Å². The molecule has 1 aliphatic heterocycles. The molecule has 0 N–H and O–H groups in total. The molecule has 2 heterocycles. The lowest BCUT2D eigenvalue weighted by Gasteiger charge is -2.16. The van der Waals surface area contributed by atoms with Gasteiger partial charge in [-0.15, -0.1) is 0 Å². The van der Waals surface area contributed by atoms with E-state index in [1.807, 2.05) is 31.2 Å². The molecule has 2 aromatic carbocycles. The molecule has 29 heavy (non-hydrogen) atoms. The van der Waals surface area contributed by atoms with Crippen LogP contribution in [-0.4, -0.2) is 36.3 Å². The highest BCUT2D eigenvalue weighted by Crippen LogP contribution is 2.33. The molecular formula is C21H20FN3O4. The number of hydrogen-bond donors (Lipinski definition) is 0. The largest absolute Gasteiger partial charge is 0.494 e. The van der Waals surface area contributed by atoms with E-state index in [9.17, 15) is 9.18 Å². The number of halogens is 1. The Hall–Kier alpha value is -3.42. The first-order valence-electron chi connectivity index (χ1n) is 9.29. The van der Waals surface area contributed by atoms with Crippen LogP contribution in [0, 0.1) is 5.82 Å². The van der Waals surface area contributed by atoms with Crippen LogP contribution < -0.4 is 14.4 Å². The Labute approximate surface area is 167 Å². The normalized spacial score (nSPS) is 16.3. The number of hydrogen-bond acceptors (Lipinski definition) is 6. The van der Waals surface area contributed by atoms with E-state index in [1.165, 1.54) is 24.1 Å². The van der Waals surface area contributed by atoms with Crippen LogP contribution >= 0.6 is 0 Å². The Morgan fingerprint density at radius 3 is 2.90 bits per heavy atom. The van der Waals surface area contributed by atoms with Gasteiger partial charge in [-0.2, -0.15) is 4.98 Å². The summed E-state index contributed by atoms with van der Waals surface area (Å²) in [5, 5.41) is 4.04. The highest BCUT2D eigenvalue weighted by Gasteiger charge is 2.35. The van der Waals surface area contributed by atoms with E-state index in [0.717, 1.165) is 11.3 Å². The van der Waals surface area contributed by atoms with Crippen molar-refractivity contribution in [3.8, 4) is 22.9 Å². The molecule has 3 aromatic rings. The van der Waals surface area contributed by atoms with E-state index in [0.29, 0.717) is 30.6 Å².